The number of hydrogen-bond acceptors (Lipinski definition) is 7. The van der Waals surface area contributed by atoms with Crippen LogP contribution in [0.1, 0.15) is 54.4 Å². The predicted octanol–water partition coefficient (Wildman–Crippen LogP) is 7.37. The van der Waals surface area contributed by atoms with Crippen LogP contribution in [0.25, 0.3) is 22.2 Å². The molecule has 1 N–H and O–H groups in total. The molecular formula is C36H38ClN5O4S. The molecule has 9 nitrogen and oxygen atoms in total. The summed E-state index contributed by atoms with van der Waals surface area (Å²) >= 11 is 0. The molecule has 1 aliphatic rings. The van der Waals surface area contributed by atoms with Crippen LogP contribution < -0.4 is 9.46 Å². The van der Waals surface area contributed by atoms with E-state index in [1.54, 1.807) is 23.1 Å². The fourth-order valence-electron chi connectivity index (χ4n) is 5.92. The van der Waals surface area contributed by atoms with Crippen molar-refractivity contribution in [3.8, 4) is 17.1 Å². The van der Waals surface area contributed by atoms with E-state index in [1.165, 1.54) is 12.1 Å². The van der Waals surface area contributed by atoms with Crippen LogP contribution in [0.4, 0.5) is 5.95 Å². The maximum Gasteiger partial charge on any atom is 0.264 e. The second-order valence-corrected chi connectivity index (χ2v) is 14.7. The predicted molar refractivity (Wildman–Crippen MR) is 186 cm³/mol. The van der Waals surface area contributed by atoms with Crippen molar-refractivity contribution >= 4 is 45.2 Å². The lowest BCUT2D eigenvalue weighted by Crippen LogP contribution is -2.45. The number of nitrogens with zero attached hydrogens (tertiary/aromatic N) is 4. The highest BCUT2D eigenvalue weighted by molar-refractivity contribution is 7.92. The molecule has 47 heavy (non-hydrogen) atoms. The zero-order chi connectivity index (χ0) is 32.6. The molecule has 0 saturated carbocycles. The summed E-state index contributed by atoms with van der Waals surface area (Å²) in [5.41, 5.74) is 4.96. The number of halogens is 1. The molecule has 0 spiro atoms. The number of pyridine rings is 1. The highest BCUT2D eigenvalue weighted by atomic mass is 35.5. The number of sulfonamides is 1. The molecule has 0 fully saturated rings. The maximum atomic E-state index is 14.4. The lowest BCUT2D eigenvalue weighted by atomic mass is 9.87. The van der Waals surface area contributed by atoms with E-state index in [9.17, 15) is 13.2 Å². The maximum absolute atomic E-state index is 14.4. The summed E-state index contributed by atoms with van der Waals surface area (Å²) in [6, 6.07) is 25.0. The number of carbonyl (C=O) groups excluding carboxylic acids is 1. The molecule has 1 amide bonds. The van der Waals surface area contributed by atoms with Gasteiger partial charge in [0.05, 0.1) is 34.4 Å². The number of amides is 1. The smallest absolute Gasteiger partial charge is 0.264 e. The molecule has 2 aromatic heterocycles. The van der Waals surface area contributed by atoms with Crippen LogP contribution in [-0.4, -0.2) is 46.8 Å². The topological polar surface area (TPSA) is 114 Å². The van der Waals surface area contributed by atoms with Gasteiger partial charge in [-0.3, -0.25) is 9.78 Å². The lowest BCUT2D eigenvalue weighted by Gasteiger charge is -2.35. The van der Waals surface area contributed by atoms with Crippen LogP contribution in [0.15, 0.2) is 89.8 Å². The number of fused-ring (bicyclic) bond motifs is 5. The Morgan fingerprint density at radius 3 is 2.36 bits per heavy atom. The van der Waals surface area contributed by atoms with Crippen molar-refractivity contribution in [1.29, 1.82) is 0 Å². The van der Waals surface area contributed by atoms with Gasteiger partial charge in [0.2, 0.25) is 11.8 Å². The van der Waals surface area contributed by atoms with Gasteiger partial charge in [-0.05, 0) is 67.1 Å². The molecule has 1 atom stereocenters. The van der Waals surface area contributed by atoms with Gasteiger partial charge in [-0.15, -0.1) is 12.4 Å². The molecule has 0 radical (unpaired) electrons. The standard InChI is InChI=1S/C36H37N5O4S.ClH/c1-23-10-8-11-24(2)33(23)31-19-32-39-35(38-31)40-46(43,44)29-14-9-13-26(18-29)34(42)41(28(22-45-32)20-36(3,4)5)21-27-17-16-25-12-6-7-15-30(25)37-27;/h6-19,28H,20-22H2,1-5H3,(H,38,39,40);1H/t28-;/m1./s1. The first-order valence-corrected chi connectivity index (χ1v) is 16.7. The third-order valence-corrected chi connectivity index (χ3v) is 9.34. The molecule has 0 saturated heterocycles. The van der Waals surface area contributed by atoms with E-state index in [-0.39, 0.29) is 59.2 Å². The number of ether oxygens (including phenoxy) is 1. The zero-order valence-electron chi connectivity index (χ0n) is 27.0. The van der Waals surface area contributed by atoms with Gasteiger partial charge in [0.15, 0.2) is 0 Å². The highest BCUT2D eigenvalue weighted by Gasteiger charge is 2.32. The van der Waals surface area contributed by atoms with Gasteiger partial charge in [0.1, 0.15) is 6.61 Å². The van der Waals surface area contributed by atoms with Gasteiger partial charge in [-0.1, -0.05) is 69.3 Å². The van der Waals surface area contributed by atoms with Gasteiger partial charge in [-0.2, -0.15) is 4.98 Å². The minimum Gasteiger partial charge on any atom is -0.475 e. The van der Waals surface area contributed by atoms with Crippen molar-refractivity contribution in [3.05, 3.63) is 107 Å². The van der Waals surface area contributed by atoms with Crippen molar-refractivity contribution in [2.24, 2.45) is 5.41 Å². The SMILES string of the molecule is Cc1cccc(C)c1-c1cc2nc(n1)NS(=O)(=O)c1cccc(c1)C(=O)N(Cc1ccc3ccccc3n1)[C@H](CC(C)(C)C)CO2.Cl. The fraction of sp³-hybridized carbons (Fsp3) is 0.278. The lowest BCUT2D eigenvalue weighted by molar-refractivity contribution is 0.0509. The molecule has 6 rings (SSSR count). The van der Waals surface area contributed by atoms with Crippen LogP contribution in [-0.2, 0) is 16.6 Å². The minimum absolute atomic E-state index is 0. The Morgan fingerprint density at radius 2 is 1.62 bits per heavy atom. The van der Waals surface area contributed by atoms with Crippen LogP contribution >= 0.6 is 12.4 Å². The van der Waals surface area contributed by atoms with Crippen molar-refractivity contribution in [2.45, 2.75) is 58.5 Å². The van der Waals surface area contributed by atoms with Crippen LogP contribution in [0.2, 0.25) is 0 Å². The summed E-state index contributed by atoms with van der Waals surface area (Å²) in [5.74, 6) is -0.236. The Morgan fingerprint density at radius 1 is 0.894 bits per heavy atom. The zero-order valence-corrected chi connectivity index (χ0v) is 28.7. The molecule has 1 aliphatic heterocycles. The number of anilines is 1. The van der Waals surface area contributed by atoms with Crippen molar-refractivity contribution in [3.63, 3.8) is 0 Å². The molecule has 3 aromatic carbocycles. The molecule has 11 heteroatoms. The Labute approximate surface area is 281 Å². The average Bonchev–Trinajstić information content (AvgIpc) is 3.00. The molecule has 3 heterocycles. The van der Waals surface area contributed by atoms with E-state index >= 15 is 0 Å². The summed E-state index contributed by atoms with van der Waals surface area (Å²) in [6.07, 6.45) is 0.601. The molecule has 0 unspecified atom stereocenters. The Hall–Kier alpha value is -4.54. The minimum atomic E-state index is -4.16. The van der Waals surface area contributed by atoms with E-state index < -0.39 is 16.1 Å². The molecule has 5 aromatic rings. The molecular weight excluding hydrogens is 634 g/mol. The third kappa shape index (κ3) is 7.55. The fourth-order valence-corrected chi connectivity index (χ4v) is 6.91. The Bertz CT molecular complexity index is 2040. The number of rotatable bonds is 4. The molecule has 4 bridgehead atoms. The van der Waals surface area contributed by atoms with Crippen LogP contribution in [0.5, 0.6) is 5.88 Å². The summed E-state index contributed by atoms with van der Waals surface area (Å²) in [4.78, 5) is 30.0. The van der Waals surface area contributed by atoms with E-state index in [2.05, 4.69) is 35.5 Å². The number of carbonyl (C=O) groups is 1. The number of benzene rings is 3. The second-order valence-electron chi connectivity index (χ2n) is 13.0. The largest absolute Gasteiger partial charge is 0.475 e. The Kier molecular flexibility index (Phi) is 9.56. The van der Waals surface area contributed by atoms with Gasteiger partial charge >= 0.3 is 0 Å². The quantitative estimate of drug-likeness (QED) is 0.212. The van der Waals surface area contributed by atoms with Crippen LogP contribution in [0.3, 0.4) is 0 Å². The van der Waals surface area contributed by atoms with Crippen molar-refractivity contribution in [2.75, 3.05) is 11.3 Å². The van der Waals surface area contributed by atoms with Gasteiger partial charge in [0, 0.05) is 22.6 Å². The number of aromatic nitrogens is 3. The van der Waals surface area contributed by atoms with Crippen LogP contribution in [0, 0.1) is 19.3 Å². The first-order chi connectivity index (χ1) is 21.9. The number of hydrogen-bond donors (Lipinski definition) is 1. The number of nitrogens with one attached hydrogen (secondary N) is 1. The van der Waals surface area contributed by atoms with E-state index in [4.69, 9.17) is 9.72 Å². The van der Waals surface area contributed by atoms with Gasteiger partial charge in [0.25, 0.3) is 15.9 Å². The molecule has 244 valence electrons. The van der Waals surface area contributed by atoms with Crippen molar-refractivity contribution in [1.82, 2.24) is 19.9 Å². The highest BCUT2D eigenvalue weighted by Crippen LogP contribution is 2.32. The average molecular weight is 672 g/mol. The van der Waals surface area contributed by atoms with Crippen molar-refractivity contribution < 1.29 is 17.9 Å². The number of para-hydroxylation sites is 1. The Balaban J connectivity index is 0.00000433. The van der Waals surface area contributed by atoms with Gasteiger partial charge in [-0.25, -0.2) is 18.1 Å². The summed E-state index contributed by atoms with van der Waals surface area (Å²) in [5, 5.41) is 1.00. The first-order valence-electron chi connectivity index (χ1n) is 15.2. The number of aryl methyl sites for hydroxylation is 2. The van der Waals surface area contributed by atoms with E-state index in [1.807, 2.05) is 68.4 Å². The summed E-state index contributed by atoms with van der Waals surface area (Å²) in [7, 11) is -4.16. The van der Waals surface area contributed by atoms with Gasteiger partial charge < -0.3 is 9.64 Å². The molecule has 0 aliphatic carbocycles. The second kappa shape index (κ2) is 13.3. The first kappa shape index (κ1) is 33.8. The summed E-state index contributed by atoms with van der Waals surface area (Å²) in [6.45, 7) is 10.6. The summed E-state index contributed by atoms with van der Waals surface area (Å²) < 4.78 is 36.2. The van der Waals surface area contributed by atoms with E-state index in [0.717, 1.165) is 27.6 Å². The van der Waals surface area contributed by atoms with E-state index in [0.29, 0.717) is 17.8 Å². The monoisotopic (exact) mass is 671 g/mol. The third-order valence-electron chi connectivity index (χ3n) is 8.02. The normalized spacial score (nSPS) is 16.1.